The van der Waals surface area contributed by atoms with Crippen LogP contribution < -0.4 is 0 Å². The molecule has 2 fully saturated rings. The van der Waals surface area contributed by atoms with Gasteiger partial charge in [-0.3, -0.25) is 4.79 Å². The van der Waals surface area contributed by atoms with Crippen LogP contribution in [0.5, 0.6) is 0 Å². The van der Waals surface area contributed by atoms with Crippen molar-refractivity contribution in [1.29, 1.82) is 0 Å². The summed E-state index contributed by atoms with van der Waals surface area (Å²) in [4.78, 5) is 13.8. The van der Waals surface area contributed by atoms with Crippen molar-refractivity contribution in [3.05, 3.63) is 0 Å². The summed E-state index contributed by atoms with van der Waals surface area (Å²) in [5.41, 5.74) is -0.568. The molecule has 6 heteroatoms. The lowest BCUT2D eigenvalue weighted by atomic mass is 9.75. The van der Waals surface area contributed by atoms with Gasteiger partial charge in [-0.25, -0.2) is 8.42 Å². The number of carbonyl (C=O) groups is 1. The third-order valence-corrected chi connectivity index (χ3v) is 7.25. The maximum absolute atomic E-state index is 11.8. The van der Waals surface area contributed by atoms with Gasteiger partial charge in [-0.1, -0.05) is 13.3 Å². The van der Waals surface area contributed by atoms with Gasteiger partial charge in [0.05, 0.1) is 10.7 Å². The van der Waals surface area contributed by atoms with Crippen LogP contribution >= 0.6 is 0 Å². The standard InChI is InChI=1S/C15H27NO4S/c1-3-15(14(17)18)7-9-16(10-8-15)12-5-4-6-13(11-12)21(2,19)20/h12-13H,3-11H2,1-2H3,(H,17,18). The largest absolute Gasteiger partial charge is 0.481 e. The third-order valence-electron chi connectivity index (χ3n) is 5.61. The molecule has 1 saturated carbocycles. The summed E-state index contributed by atoms with van der Waals surface area (Å²) >= 11 is 0. The molecule has 5 nitrogen and oxygen atoms in total. The Labute approximate surface area is 127 Å². The lowest BCUT2D eigenvalue weighted by Crippen LogP contribution is -2.50. The molecule has 0 bridgehead atoms. The molecular weight excluding hydrogens is 290 g/mol. The van der Waals surface area contributed by atoms with Gasteiger partial charge in [-0.2, -0.15) is 0 Å². The van der Waals surface area contributed by atoms with Crippen molar-refractivity contribution < 1.29 is 18.3 Å². The molecule has 0 aromatic carbocycles. The Kier molecular flexibility index (Phi) is 4.98. The lowest BCUT2D eigenvalue weighted by molar-refractivity contribution is -0.152. The van der Waals surface area contributed by atoms with E-state index in [1.165, 1.54) is 6.26 Å². The first kappa shape index (κ1) is 16.7. The number of nitrogens with zero attached hydrogens (tertiary/aromatic N) is 1. The van der Waals surface area contributed by atoms with E-state index in [4.69, 9.17) is 0 Å². The van der Waals surface area contributed by atoms with Crippen LogP contribution in [0.1, 0.15) is 51.9 Å². The van der Waals surface area contributed by atoms with Gasteiger partial charge in [-0.15, -0.1) is 0 Å². The Morgan fingerprint density at radius 2 is 1.90 bits per heavy atom. The van der Waals surface area contributed by atoms with Gasteiger partial charge >= 0.3 is 5.97 Å². The minimum atomic E-state index is -2.96. The smallest absolute Gasteiger partial charge is 0.309 e. The Bertz CT molecular complexity index is 480. The molecule has 0 aromatic heterocycles. The molecule has 21 heavy (non-hydrogen) atoms. The van der Waals surface area contributed by atoms with E-state index in [9.17, 15) is 18.3 Å². The first-order valence-electron chi connectivity index (χ1n) is 7.95. The van der Waals surface area contributed by atoms with Gasteiger partial charge in [0.25, 0.3) is 0 Å². The highest BCUT2D eigenvalue weighted by molar-refractivity contribution is 7.91. The van der Waals surface area contributed by atoms with Crippen molar-refractivity contribution in [1.82, 2.24) is 4.90 Å². The summed E-state index contributed by atoms with van der Waals surface area (Å²) in [7, 11) is -2.96. The minimum Gasteiger partial charge on any atom is -0.481 e. The zero-order valence-electron chi connectivity index (χ0n) is 13.0. The number of hydrogen-bond acceptors (Lipinski definition) is 4. The van der Waals surface area contributed by atoms with Crippen LogP contribution in [0, 0.1) is 5.41 Å². The minimum absolute atomic E-state index is 0.214. The molecule has 0 aromatic rings. The quantitative estimate of drug-likeness (QED) is 0.857. The van der Waals surface area contributed by atoms with Gasteiger partial charge in [0.15, 0.2) is 0 Å². The SMILES string of the molecule is CCC1(C(=O)O)CCN(C2CCCC(S(C)(=O)=O)C2)CC1. The second-order valence-electron chi connectivity index (χ2n) is 6.75. The summed E-state index contributed by atoms with van der Waals surface area (Å²) in [6, 6.07) is 0.308. The second kappa shape index (κ2) is 6.24. The van der Waals surface area contributed by atoms with Crippen LogP contribution in [0.25, 0.3) is 0 Å². The molecule has 1 aliphatic heterocycles. The third kappa shape index (κ3) is 3.59. The molecular formula is C15H27NO4S. The van der Waals surface area contributed by atoms with Crippen LogP contribution in [-0.2, 0) is 14.6 Å². The van der Waals surface area contributed by atoms with E-state index in [1.807, 2.05) is 6.92 Å². The molecule has 0 spiro atoms. The molecule has 122 valence electrons. The summed E-state index contributed by atoms with van der Waals surface area (Å²) in [6.45, 7) is 3.51. The van der Waals surface area contributed by atoms with Gasteiger partial charge in [0.1, 0.15) is 9.84 Å². The molecule has 2 unspecified atom stereocenters. The van der Waals surface area contributed by atoms with E-state index in [1.54, 1.807) is 0 Å². The maximum atomic E-state index is 11.8. The zero-order valence-corrected chi connectivity index (χ0v) is 13.9. The predicted octanol–water partition coefficient (Wildman–Crippen LogP) is 1.92. The number of piperidine rings is 1. The number of sulfone groups is 1. The van der Waals surface area contributed by atoms with Crippen molar-refractivity contribution in [2.75, 3.05) is 19.3 Å². The molecule has 1 N–H and O–H groups in total. The highest BCUT2D eigenvalue weighted by Crippen LogP contribution is 2.37. The van der Waals surface area contributed by atoms with Crippen LogP contribution in [-0.4, -0.2) is 55.0 Å². The summed E-state index contributed by atoms with van der Waals surface area (Å²) in [6.07, 6.45) is 6.85. The van der Waals surface area contributed by atoms with Crippen molar-refractivity contribution in [2.24, 2.45) is 5.41 Å². The Morgan fingerprint density at radius 3 is 2.38 bits per heavy atom. The number of carboxylic acids is 1. The van der Waals surface area contributed by atoms with Crippen molar-refractivity contribution in [2.45, 2.75) is 63.2 Å². The number of rotatable bonds is 4. The monoisotopic (exact) mass is 317 g/mol. The van der Waals surface area contributed by atoms with Gasteiger partial charge in [0, 0.05) is 12.3 Å². The van der Waals surface area contributed by atoms with Crippen LogP contribution in [0.2, 0.25) is 0 Å². The van der Waals surface area contributed by atoms with E-state index in [0.29, 0.717) is 31.7 Å². The van der Waals surface area contributed by atoms with E-state index >= 15 is 0 Å². The summed E-state index contributed by atoms with van der Waals surface area (Å²) in [5.74, 6) is -0.678. The molecule has 2 aliphatic rings. The lowest BCUT2D eigenvalue weighted by Gasteiger charge is -2.44. The Balaban J connectivity index is 1.97. The number of carboxylic acid groups (broad SMARTS) is 1. The Morgan fingerprint density at radius 1 is 1.29 bits per heavy atom. The van der Waals surface area contributed by atoms with E-state index < -0.39 is 21.2 Å². The van der Waals surface area contributed by atoms with Crippen molar-refractivity contribution in [3.63, 3.8) is 0 Å². The fourth-order valence-corrected chi connectivity index (χ4v) is 5.04. The average Bonchev–Trinajstić information content (AvgIpc) is 2.46. The second-order valence-corrected chi connectivity index (χ2v) is 9.07. The van der Waals surface area contributed by atoms with Crippen LogP contribution in [0.4, 0.5) is 0 Å². The topological polar surface area (TPSA) is 74.7 Å². The van der Waals surface area contributed by atoms with Crippen molar-refractivity contribution >= 4 is 15.8 Å². The molecule has 0 amide bonds. The predicted molar refractivity (Wildman–Crippen MR) is 82.1 cm³/mol. The van der Waals surface area contributed by atoms with E-state index in [-0.39, 0.29) is 5.25 Å². The molecule has 1 aliphatic carbocycles. The van der Waals surface area contributed by atoms with E-state index in [2.05, 4.69) is 4.90 Å². The molecule has 1 heterocycles. The normalized spacial score (nSPS) is 31.0. The first-order valence-corrected chi connectivity index (χ1v) is 9.90. The molecule has 2 rings (SSSR count). The highest BCUT2D eigenvalue weighted by atomic mass is 32.2. The maximum Gasteiger partial charge on any atom is 0.309 e. The molecule has 2 atom stereocenters. The molecule has 0 radical (unpaired) electrons. The summed E-state index contributed by atoms with van der Waals surface area (Å²) < 4.78 is 23.5. The average molecular weight is 317 g/mol. The fourth-order valence-electron chi connectivity index (χ4n) is 3.88. The van der Waals surface area contributed by atoms with Crippen molar-refractivity contribution in [3.8, 4) is 0 Å². The fraction of sp³-hybridized carbons (Fsp3) is 0.933. The Hall–Kier alpha value is -0.620. The van der Waals surface area contributed by atoms with Crippen LogP contribution in [0.15, 0.2) is 0 Å². The van der Waals surface area contributed by atoms with Gasteiger partial charge in [-0.05, 0) is 51.6 Å². The number of hydrogen-bond donors (Lipinski definition) is 1. The molecule has 1 saturated heterocycles. The highest BCUT2D eigenvalue weighted by Gasteiger charge is 2.42. The first-order chi connectivity index (χ1) is 9.78. The van der Waals surface area contributed by atoms with E-state index in [0.717, 1.165) is 32.4 Å². The number of likely N-dealkylation sites (tertiary alicyclic amines) is 1. The van der Waals surface area contributed by atoms with Crippen LogP contribution in [0.3, 0.4) is 0 Å². The van der Waals surface area contributed by atoms with Gasteiger partial charge in [0.2, 0.25) is 0 Å². The summed E-state index contributed by atoms with van der Waals surface area (Å²) in [5, 5.41) is 9.22. The van der Waals surface area contributed by atoms with Gasteiger partial charge < -0.3 is 10.0 Å². The zero-order chi connectivity index (χ0) is 15.7. The number of aliphatic carboxylic acids is 1.